The monoisotopic (exact) mass is 333 g/mol. The molecule has 0 spiro atoms. The highest BCUT2D eigenvalue weighted by molar-refractivity contribution is 7.12. The number of benzene rings is 1. The van der Waals surface area contributed by atoms with Crippen LogP contribution in [0, 0.1) is 24.0 Å². The molecule has 0 saturated heterocycles. The van der Waals surface area contributed by atoms with Crippen molar-refractivity contribution < 1.29 is 14.5 Å². The number of thiophene rings is 1. The molecule has 2 rings (SSSR count). The highest BCUT2D eigenvalue weighted by atomic mass is 32.1. The highest BCUT2D eigenvalue weighted by Gasteiger charge is 2.07. The van der Waals surface area contributed by atoms with Crippen molar-refractivity contribution in [1.82, 2.24) is 5.43 Å². The highest BCUT2D eigenvalue weighted by Crippen LogP contribution is 2.19. The standard InChI is InChI=1S/C15H15N3O4S/c1-10-3-4-13(5-11(10)2)22-8-15(19)17-16-7-14-6-12(9-23-14)18(20)21/h3-7,9H,8H2,1-2H3,(H,17,19). The molecule has 0 aliphatic rings. The number of rotatable bonds is 6. The molecule has 0 bridgehead atoms. The maximum atomic E-state index is 11.6. The number of hydrogen-bond acceptors (Lipinski definition) is 6. The van der Waals surface area contributed by atoms with Gasteiger partial charge >= 0.3 is 0 Å². The van der Waals surface area contributed by atoms with Crippen molar-refractivity contribution in [3.05, 3.63) is 55.8 Å². The van der Waals surface area contributed by atoms with E-state index in [2.05, 4.69) is 10.5 Å². The van der Waals surface area contributed by atoms with Crippen LogP contribution in [0.25, 0.3) is 0 Å². The molecule has 120 valence electrons. The minimum Gasteiger partial charge on any atom is -0.484 e. The fourth-order valence-electron chi connectivity index (χ4n) is 1.66. The Hall–Kier alpha value is -2.74. The maximum absolute atomic E-state index is 11.6. The lowest BCUT2D eigenvalue weighted by atomic mass is 10.1. The molecule has 1 amide bonds. The van der Waals surface area contributed by atoms with E-state index in [1.165, 1.54) is 29.0 Å². The number of hydrogen-bond donors (Lipinski definition) is 1. The van der Waals surface area contributed by atoms with E-state index in [4.69, 9.17) is 4.74 Å². The van der Waals surface area contributed by atoms with Gasteiger partial charge in [-0.1, -0.05) is 6.07 Å². The lowest BCUT2D eigenvalue weighted by Crippen LogP contribution is -2.24. The molecule has 2 aromatic rings. The van der Waals surface area contributed by atoms with Crippen LogP contribution in [0.2, 0.25) is 0 Å². The minimum atomic E-state index is -0.482. The van der Waals surface area contributed by atoms with Gasteiger partial charge in [0.1, 0.15) is 5.75 Å². The van der Waals surface area contributed by atoms with Gasteiger partial charge in [0.25, 0.3) is 11.6 Å². The Morgan fingerprint density at radius 3 is 2.83 bits per heavy atom. The van der Waals surface area contributed by atoms with Crippen molar-refractivity contribution in [2.24, 2.45) is 5.10 Å². The maximum Gasteiger partial charge on any atom is 0.280 e. The van der Waals surface area contributed by atoms with E-state index in [0.29, 0.717) is 10.6 Å². The van der Waals surface area contributed by atoms with Gasteiger partial charge in [-0.05, 0) is 37.1 Å². The summed E-state index contributed by atoms with van der Waals surface area (Å²) in [5.74, 6) is 0.201. The molecule has 1 aromatic heterocycles. The van der Waals surface area contributed by atoms with E-state index in [9.17, 15) is 14.9 Å². The summed E-state index contributed by atoms with van der Waals surface area (Å²) in [6, 6.07) is 6.96. The van der Waals surface area contributed by atoms with Crippen molar-refractivity contribution in [2.75, 3.05) is 6.61 Å². The number of aryl methyl sites for hydroxylation is 2. The van der Waals surface area contributed by atoms with Crippen molar-refractivity contribution in [3.8, 4) is 5.75 Å². The Bertz CT molecular complexity index is 755. The Morgan fingerprint density at radius 1 is 1.39 bits per heavy atom. The summed E-state index contributed by atoms with van der Waals surface area (Å²) in [6.45, 7) is 3.80. The predicted molar refractivity (Wildman–Crippen MR) is 88.1 cm³/mol. The third-order valence-corrected chi connectivity index (χ3v) is 3.90. The fourth-order valence-corrected chi connectivity index (χ4v) is 2.37. The van der Waals surface area contributed by atoms with E-state index >= 15 is 0 Å². The summed E-state index contributed by atoms with van der Waals surface area (Å²) < 4.78 is 5.37. The van der Waals surface area contributed by atoms with E-state index in [1.807, 2.05) is 26.0 Å². The summed E-state index contributed by atoms with van der Waals surface area (Å²) in [5.41, 5.74) is 4.54. The number of hydrazone groups is 1. The summed E-state index contributed by atoms with van der Waals surface area (Å²) in [7, 11) is 0. The molecular formula is C15H15N3O4S. The molecule has 0 fully saturated rings. The quantitative estimate of drug-likeness (QED) is 0.499. The van der Waals surface area contributed by atoms with Crippen LogP contribution in [-0.4, -0.2) is 23.7 Å². The van der Waals surface area contributed by atoms with Crippen molar-refractivity contribution in [1.29, 1.82) is 0 Å². The molecule has 0 atom stereocenters. The first-order valence-corrected chi connectivity index (χ1v) is 7.58. The van der Waals surface area contributed by atoms with E-state index in [-0.39, 0.29) is 12.3 Å². The van der Waals surface area contributed by atoms with Crippen LogP contribution in [0.1, 0.15) is 16.0 Å². The summed E-state index contributed by atoms with van der Waals surface area (Å²) in [4.78, 5) is 22.3. The zero-order valence-corrected chi connectivity index (χ0v) is 13.4. The van der Waals surface area contributed by atoms with Crippen LogP contribution in [0.15, 0.2) is 34.7 Å². The molecule has 1 N–H and O–H groups in total. The number of ether oxygens (including phenoxy) is 1. The van der Waals surface area contributed by atoms with Gasteiger partial charge in [0, 0.05) is 6.07 Å². The Balaban J connectivity index is 1.81. The van der Waals surface area contributed by atoms with Crippen LogP contribution in [-0.2, 0) is 4.79 Å². The third-order valence-electron chi connectivity index (χ3n) is 3.05. The average Bonchev–Trinajstić information content (AvgIpc) is 2.97. The number of carbonyl (C=O) groups is 1. The van der Waals surface area contributed by atoms with E-state index in [1.54, 1.807) is 6.07 Å². The van der Waals surface area contributed by atoms with Crippen molar-refractivity contribution >= 4 is 29.1 Å². The SMILES string of the molecule is Cc1ccc(OCC(=O)NN=Cc2cc([N+](=O)[O-])cs2)cc1C. The summed E-state index contributed by atoms with van der Waals surface area (Å²) in [6.07, 6.45) is 1.35. The predicted octanol–water partition coefficient (Wildman–Crippen LogP) is 2.80. The van der Waals surface area contributed by atoms with Gasteiger partial charge in [0.05, 0.1) is 21.4 Å². The molecule has 0 saturated carbocycles. The number of amides is 1. The number of carbonyl (C=O) groups excluding carboxylic acids is 1. The van der Waals surface area contributed by atoms with Crippen LogP contribution >= 0.6 is 11.3 Å². The first-order valence-electron chi connectivity index (χ1n) is 6.70. The molecule has 8 heteroatoms. The molecule has 0 aliphatic heterocycles. The van der Waals surface area contributed by atoms with E-state index in [0.717, 1.165) is 11.1 Å². The normalized spacial score (nSPS) is 10.7. The van der Waals surface area contributed by atoms with Crippen molar-refractivity contribution in [3.63, 3.8) is 0 Å². The molecular weight excluding hydrogens is 318 g/mol. The lowest BCUT2D eigenvalue weighted by molar-refractivity contribution is -0.384. The first kappa shape index (κ1) is 16.6. The Labute approximate surface area is 136 Å². The summed E-state index contributed by atoms with van der Waals surface area (Å²) >= 11 is 1.17. The van der Waals surface area contributed by atoms with Crippen LogP contribution in [0.3, 0.4) is 0 Å². The fraction of sp³-hybridized carbons (Fsp3) is 0.200. The molecule has 1 heterocycles. The molecule has 7 nitrogen and oxygen atoms in total. The van der Waals surface area contributed by atoms with Gasteiger partial charge in [-0.2, -0.15) is 5.10 Å². The van der Waals surface area contributed by atoms with Gasteiger partial charge in [-0.25, -0.2) is 5.43 Å². The zero-order valence-electron chi connectivity index (χ0n) is 12.6. The van der Waals surface area contributed by atoms with Gasteiger partial charge < -0.3 is 4.74 Å². The Morgan fingerprint density at radius 2 is 2.17 bits per heavy atom. The largest absolute Gasteiger partial charge is 0.484 e. The second-order valence-corrected chi connectivity index (χ2v) is 5.74. The van der Waals surface area contributed by atoms with E-state index < -0.39 is 10.8 Å². The topological polar surface area (TPSA) is 93.8 Å². The van der Waals surface area contributed by atoms with Gasteiger partial charge in [0.2, 0.25) is 0 Å². The first-order chi connectivity index (χ1) is 11.0. The number of nitro groups is 1. The number of nitrogens with zero attached hydrogens (tertiary/aromatic N) is 2. The number of nitrogens with one attached hydrogen (secondary N) is 1. The van der Waals surface area contributed by atoms with Crippen LogP contribution < -0.4 is 10.2 Å². The Kier molecular flexibility index (Phi) is 5.42. The third kappa shape index (κ3) is 4.89. The average molecular weight is 333 g/mol. The van der Waals surface area contributed by atoms with Gasteiger partial charge in [-0.3, -0.25) is 14.9 Å². The van der Waals surface area contributed by atoms with Gasteiger partial charge in [-0.15, -0.1) is 11.3 Å². The van der Waals surface area contributed by atoms with Crippen LogP contribution in [0.4, 0.5) is 5.69 Å². The van der Waals surface area contributed by atoms with Gasteiger partial charge in [0.15, 0.2) is 6.61 Å². The summed E-state index contributed by atoms with van der Waals surface area (Å²) in [5, 5.41) is 15.7. The smallest absolute Gasteiger partial charge is 0.280 e. The van der Waals surface area contributed by atoms with Crippen molar-refractivity contribution in [2.45, 2.75) is 13.8 Å². The molecule has 0 aliphatic carbocycles. The zero-order chi connectivity index (χ0) is 16.8. The second-order valence-electron chi connectivity index (χ2n) is 4.79. The minimum absolute atomic E-state index is 0.000788. The second kappa shape index (κ2) is 7.50. The molecule has 23 heavy (non-hydrogen) atoms. The molecule has 0 radical (unpaired) electrons. The lowest BCUT2D eigenvalue weighted by Gasteiger charge is -2.07. The molecule has 0 unspecified atom stereocenters. The van der Waals surface area contributed by atoms with Crippen LogP contribution in [0.5, 0.6) is 5.75 Å². The molecule has 1 aromatic carbocycles.